The topological polar surface area (TPSA) is 55.6 Å². The van der Waals surface area contributed by atoms with Gasteiger partial charge in [-0.25, -0.2) is 0 Å². The zero-order chi connectivity index (χ0) is 12.4. The van der Waals surface area contributed by atoms with Crippen LogP contribution in [0, 0.1) is 6.92 Å². The van der Waals surface area contributed by atoms with Gasteiger partial charge >= 0.3 is 0 Å². The summed E-state index contributed by atoms with van der Waals surface area (Å²) in [5, 5.41) is 0. The van der Waals surface area contributed by atoms with E-state index >= 15 is 0 Å². The van der Waals surface area contributed by atoms with Crippen molar-refractivity contribution >= 4 is 11.6 Å². The third kappa shape index (κ3) is 2.58. The van der Waals surface area contributed by atoms with Gasteiger partial charge in [0.15, 0.2) is 0 Å². The molecular weight excluding hydrogens is 216 g/mol. The molecular formula is C13H18N2O2. The third-order valence-electron chi connectivity index (χ3n) is 3.02. The molecule has 1 amide bonds. The van der Waals surface area contributed by atoms with E-state index in [0.717, 1.165) is 5.56 Å². The van der Waals surface area contributed by atoms with Gasteiger partial charge in [0, 0.05) is 24.3 Å². The average Bonchev–Trinajstić information content (AvgIpc) is 2.31. The summed E-state index contributed by atoms with van der Waals surface area (Å²) in [7, 11) is 0. The summed E-state index contributed by atoms with van der Waals surface area (Å²) in [4.78, 5) is 14.2. The summed E-state index contributed by atoms with van der Waals surface area (Å²) in [5.41, 5.74) is 8.01. The monoisotopic (exact) mass is 234 g/mol. The summed E-state index contributed by atoms with van der Waals surface area (Å²) < 4.78 is 5.43. The third-order valence-corrected chi connectivity index (χ3v) is 3.02. The minimum atomic E-state index is 0.0463. The molecule has 0 aliphatic carbocycles. The minimum Gasteiger partial charge on any atom is -0.399 e. The van der Waals surface area contributed by atoms with Crippen LogP contribution in [0.2, 0.25) is 0 Å². The molecule has 1 fully saturated rings. The van der Waals surface area contributed by atoms with E-state index in [4.69, 9.17) is 10.5 Å². The summed E-state index contributed by atoms with van der Waals surface area (Å²) in [6, 6.07) is 5.44. The van der Waals surface area contributed by atoms with Crippen LogP contribution in [-0.2, 0) is 4.74 Å². The zero-order valence-corrected chi connectivity index (χ0v) is 10.3. The number of carbonyl (C=O) groups is 1. The molecule has 0 radical (unpaired) electrons. The Kier molecular flexibility index (Phi) is 3.33. The van der Waals surface area contributed by atoms with Crippen LogP contribution >= 0.6 is 0 Å². The van der Waals surface area contributed by atoms with Crippen LogP contribution in [0.25, 0.3) is 0 Å². The van der Waals surface area contributed by atoms with Gasteiger partial charge in [0.1, 0.15) is 0 Å². The van der Waals surface area contributed by atoms with Gasteiger partial charge in [-0.3, -0.25) is 4.79 Å². The van der Waals surface area contributed by atoms with Gasteiger partial charge < -0.3 is 15.4 Å². The lowest BCUT2D eigenvalue weighted by Gasteiger charge is -2.31. The Morgan fingerprint density at radius 1 is 1.53 bits per heavy atom. The van der Waals surface area contributed by atoms with Crippen molar-refractivity contribution in [3.8, 4) is 0 Å². The first-order valence-electron chi connectivity index (χ1n) is 5.85. The summed E-state index contributed by atoms with van der Waals surface area (Å²) in [5.74, 6) is 0.0463. The Hall–Kier alpha value is -1.55. The van der Waals surface area contributed by atoms with Gasteiger partial charge in [0.05, 0.1) is 12.7 Å². The maximum absolute atomic E-state index is 12.3. The van der Waals surface area contributed by atoms with E-state index in [2.05, 4.69) is 0 Å². The second-order valence-electron chi connectivity index (χ2n) is 4.51. The molecule has 0 saturated carbocycles. The highest BCUT2D eigenvalue weighted by atomic mass is 16.5. The van der Waals surface area contributed by atoms with Crippen LogP contribution in [-0.4, -0.2) is 36.6 Å². The van der Waals surface area contributed by atoms with Gasteiger partial charge in [-0.2, -0.15) is 0 Å². The number of nitrogens with two attached hydrogens (primary N) is 1. The van der Waals surface area contributed by atoms with E-state index in [0.29, 0.717) is 30.9 Å². The van der Waals surface area contributed by atoms with Crippen molar-refractivity contribution in [3.05, 3.63) is 29.3 Å². The van der Waals surface area contributed by atoms with Gasteiger partial charge in [-0.1, -0.05) is 6.07 Å². The summed E-state index contributed by atoms with van der Waals surface area (Å²) >= 11 is 0. The van der Waals surface area contributed by atoms with E-state index in [-0.39, 0.29) is 12.0 Å². The number of amides is 1. The van der Waals surface area contributed by atoms with E-state index in [1.165, 1.54) is 0 Å². The van der Waals surface area contributed by atoms with Crippen LogP contribution in [0.1, 0.15) is 22.8 Å². The number of aryl methyl sites for hydroxylation is 1. The molecule has 0 spiro atoms. The van der Waals surface area contributed by atoms with Crippen molar-refractivity contribution in [3.63, 3.8) is 0 Å². The maximum Gasteiger partial charge on any atom is 0.254 e. The molecule has 4 heteroatoms. The molecule has 1 atom stereocenters. The first-order valence-corrected chi connectivity index (χ1v) is 5.85. The SMILES string of the molecule is Cc1ccc(N)cc1C(=O)N1CCOC(C)C1. The molecule has 1 heterocycles. The predicted molar refractivity (Wildman–Crippen MR) is 66.9 cm³/mol. The molecule has 1 aliphatic heterocycles. The fourth-order valence-corrected chi connectivity index (χ4v) is 2.04. The number of benzene rings is 1. The number of anilines is 1. The second kappa shape index (κ2) is 4.75. The Bertz CT molecular complexity index is 431. The molecule has 0 bridgehead atoms. The van der Waals surface area contributed by atoms with Crippen molar-refractivity contribution in [2.75, 3.05) is 25.4 Å². The summed E-state index contributed by atoms with van der Waals surface area (Å²) in [6.45, 7) is 5.81. The van der Waals surface area contributed by atoms with E-state index in [1.54, 1.807) is 6.07 Å². The lowest BCUT2D eigenvalue weighted by Crippen LogP contribution is -2.44. The molecule has 17 heavy (non-hydrogen) atoms. The van der Waals surface area contributed by atoms with Gasteiger partial charge in [-0.05, 0) is 31.5 Å². The van der Waals surface area contributed by atoms with Crippen molar-refractivity contribution in [2.45, 2.75) is 20.0 Å². The summed E-state index contributed by atoms with van der Waals surface area (Å²) in [6.07, 6.45) is 0.106. The van der Waals surface area contributed by atoms with Gasteiger partial charge in [-0.15, -0.1) is 0 Å². The lowest BCUT2D eigenvalue weighted by molar-refractivity contribution is -0.0124. The molecule has 2 rings (SSSR count). The molecule has 2 N–H and O–H groups in total. The van der Waals surface area contributed by atoms with E-state index < -0.39 is 0 Å². The van der Waals surface area contributed by atoms with Crippen LogP contribution < -0.4 is 5.73 Å². The van der Waals surface area contributed by atoms with Crippen molar-refractivity contribution in [1.82, 2.24) is 4.90 Å². The average molecular weight is 234 g/mol. The van der Waals surface area contributed by atoms with Crippen LogP contribution in [0.3, 0.4) is 0 Å². The first-order chi connectivity index (χ1) is 8.08. The Morgan fingerprint density at radius 3 is 3.00 bits per heavy atom. The number of nitrogens with zero attached hydrogens (tertiary/aromatic N) is 1. The number of ether oxygens (including phenoxy) is 1. The van der Waals surface area contributed by atoms with Gasteiger partial charge in [0.2, 0.25) is 0 Å². The quantitative estimate of drug-likeness (QED) is 0.748. The van der Waals surface area contributed by atoms with Crippen LogP contribution in [0.4, 0.5) is 5.69 Å². The van der Waals surface area contributed by atoms with Crippen molar-refractivity contribution in [2.24, 2.45) is 0 Å². The van der Waals surface area contributed by atoms with Crippen molar-refractivity contribution in [1.29, 1.82) is 0 Å². The molecule has 4 nitrogen and oxygen atoms in total. The lowest BCUT2D eigenvalue weighted by atomic mass is 10.1. The second-order valence-corrected chi connectivity index (χ2v) is 4.51. The molecule has 92 valence electrons. The van der Waals surface area contributed by atoms with Crippen LogP contribution in [0.5, 0.6) is 0 Å². The number of nitrogen functional groups attached to an aromatic ring is 1. The highest BCUT2D eigenvalue weighted by molar-refractivity contribution is 5.96. The smallest absolute Gasteiger partial charge is 0.254 e. The number of hydrogen-bond acceptors (Lipinski definition) is 3. The van der Waals surface area contributed by atoms with E-state index in [9.17, 15) is 4.79 Å². The Balaban J connectivity index is 2.21. The van der Waals surface area contributed by atoms with Crippen molar-refractivity contribution < 1.29 is 9.53 Å². The van der Waals surface area contributed by atoms with Crippen LogP contribution in [0.15, 0.2) is 18.2 Å². The molecule has 1 saturated heterocycles. The Morgan fingerprint density at radius 2 is 2.29 bits per heavy atom. The minimum absolute atomic E-state index is 0.0463. The molecule has 1 aliphatic rings. The highest BCUT2D eigenvalue weighted by Gasteiger charge is 2.23. The van der Waals surface area contributed by atoms with Gasteiger partial charge in [0.25, 0.3) is 5.91 Å². The number of morpholine rings is 1. The fraction of sp³-hybridized carbons (Fsp3) is 0.462. The normalized spacial score (nSPS) is 20.4. The molecule has 0 aromatic heterocycles. The zero-order valence-electron chi connectivity index (χ0n) is 10.3. The molecule has 1 aromatic rings. The number of carbonyl (C=O) groups excluding carboxylic acids is 1. The highest BCUT2D eigenvalue weighted by Crippen LogP contribution is 2.16. The largest absolute Gasteiger partial charge is 0.399 e. The fourth-order valence-electron chi connectivity index (χ4n) is 2.04. The maximum atomic E-state index is 12.3. The predicted octanol–water partition coefficient (Wildman–Crippen LogP) is 1.44. The molecule has 1 aromatic carbocycles. The molecule has 1 unspecified atom stereocenters. The number of hydrogen-bond donors (Lipinski definition) is 1. The first kappa shape index (κ1) is 11.9. The standard InChI is InChI=1S/C13H18N2O2/c1-9-3-4-11(14)7-12(9)13(16)15-5-6-17-10(2)8-15/h3-4,7,10H,5-6,8,14H2,1-2H3. The number of rotatable bonds is 1. The van der Waals surface area contributed by atoms with E-state index in [1.807, 2.05) is 30.9 Å². The Labute approximate surface area is 101 Å².